The highest BCUT2D eigenvalue weighted by molar-refractivity contribution is 9.11. The van der Waals surface area contributed by atoms with Gasteiger partial charge in [0.05, 0.1) is 21.5 Å². The lowest BCUT2D eigenvalue weighted by Gasteiger charge is -2.29. The second kappa shape index (κ2) is 6.92. The van der Waals surface area contributed by atoms with Crippen LogP contribution in [0.3, 0.4) is 0 Å². The molecule has 0 aliphatic carbocycles. The van der Waals surface area contributed by atoms with E-state index in [0.717, 1.165) is 5.56 Å². The summed E-state index contributed by atoms with van der Waals surface area (Å²) in [4.78, 5) is 11.7. The van der Waals surface area contributed by atoms with E-state index in [1.54, 1.807) is 26.0 Å². The lowest BCUT2D eigenvalue weighted by molar-refractivity contribution is -0.152. The summed E-state index contributed by atoms with van der Waals surface area (Å²) in [5, 5.41) is 9.64. The second-order valence-corrected chi connectivity index (χ2v) is 6.23. The molecule has 3 N–H and O–H groups in total. The number of phenols is 1. The monoisotopic (exact) mass is 415 g/mol. The minimum atomic E-state index is -0.857. The minimum Gasteiger partial charge on any atom is -0.506 e. The van der Waals surface area contributed by atoms with Crippen molar-refractivity contribution in [2.45, 2.75) is 19.9 Å². The van der Waals surface area contributed by atoms with Crippen LogP contribution in [0.25, 0.3) is 0 Å². The van der Waals surface area contributed by atoms with Gasteiger partial charge in [0, 0.05) is 6.04 Å². The molecule has 0 unspecified atom stereocenters. The molecule has 1 atom stereocenters. The van der Waals surface area contributed by atoms with Crippen LogP contribution in [-0.4, -0.2) is 18.2 Å². The van der Waals surface area contributed by atoms with Gasteiger partial charge >= 0.3 is 5.97 Å². The Hall–Kier alpha value is -0.300. The lowest BCUT2D eigenvalue weighted by Crippen LogP contribution is -2.37. The zero-order valence-corrected chi connectivity index (χ0v) is 14.7. The number of carbonyl (C=O) groups is 1. The standard InChI is InChI=1S/C12H15Br2NO3.ClH/c1-12(2,11(17)18-3)10(15)6-4-7(13)9(16)8(14)5-6;/h4-5,10,16H,15H2,1-3H3;1H/t10-;/m0./s1. The van der Waals surface area contributed by atoms with Crippen LogP contribution in [0, 0.1) is 5.41 Å². The molecule has 1 aromatic rings. The van der Waals surface area contributed by atoms with Gasteiger partial charge in [-0.3, -0.25) is 4.79 Å². The molecule has 4 nitrogen and oxygen atoms in total. The van der Waals surface area contributed by atoms with Crippen molar-refractivity contribution >= 4 is 50.2 Å². The minimum absolute atomic E-state index is 0. The quantitative estimate of drug-likeness (QED) is 0.738. The maximum atomic E-state index is 11.7. The number of benzene rings is 1. The van der Waals surface area contributed by atoms with E-state index in [1.807, 2.05) is 0 Å². The molecule has 0 spiro atoms. The number of halogens is 3. The number of hydrogen-bond donors (Lipinski definition) is 2. The molecule has 7 heteroatoms. The van der Waals surface area contributed by atoms with Crippen molar-refractivity contribution in [1.29, 1.82) is 0 Å². The molecular formula is C12H16Br2ClNO3. The summed E-state index contributed by atoms with van der Waals surface area (Å²) < 4.78 is 5.78. The molecule has 1 rings (SSSR count). The van der Waals surface area contributed by atoms with E-state index in [-0.39, 0.29) is 24.1 Å². The summed E-state index contributed by atoms with van der Waals surface area (Å²) in [6, 6.07) is 2.84. The molecule has 0 saturated heterocycles. The van der Waals surface area contributed by atoms with E-state index in [0.29, 0.717) is 8.95 Å². The van der Waals surface area contributed by atoms with Crippen LogP contribution in [0.4, 0.5) is 0 Å². The first-order valence-corrected chi connectivity index (χ1v) is 6.82. The number of esters is 1. The van der Waals surface area contributed by atoms with Crippen molar-refractivity contribution in [2.24, 2.45) is 11.1 Å². The van der Waals surface area contributed by atoms with Crippen molar-refractivity contribution in [3.63, 3.8) is 0 Å². The first-order valence-electron chi connectivity index (χ1n) is 5.23. The first kappa shape index (κ1) is 18.7. The maximum Gasteiger partial charge on any atom is 0.313 e. The van der Waals surface area contributed by atoms with Crippen molar-refractivity contribution in [1.82, 2.24) is 0 Å². The summed E-state index contributed by atoms with van der Waals surface area (Å²) in [5.74, 6) is -0.280. The van der Waals surface area contributed by atoms with Crippen molar-refractivity contribution in [3.05, 3.63) is 26.6 Å². The Morgan fingerprint density at radius 3 is 2.16 bits per heavy atom. The van der Waals surface area contributed by atoms with Gasteiger partial charge in [-0.05, 0) is 63.4 Å². The van der Waals surface area contributed by atoms with E-state index in [2.05, 4.69) is 31.9 Å². The maximum absolute atomic E-state index is 11.7. The van der Waals surface area contributed by atoms with Gasteiger partial charge in [0.25, 0.3) is 0 Å². The first-order chi connectivity index (χ1) is 8.21. The van der Waals surface area contributed by atoms with Gasteiger partial charge in [0.15, 0.2) is 0 Å². The molecule has 19 heavy (non-hydrogen) atoms. The van der Waals surface area contributed by atoms with Gasteiger partial charge in [-0.25, -0.2) is 0 Å². The fourth-order valence-electron chi connectivity index (χ4n) is 1.57. The summed E-state index contributed by atoms with van der Waals surface area (Å²) in [7, 11) is 1.33. The SMILES string of the molecule is COC(=O)C(C)(C)[C@@H](N)c1cc(Br)c(O)c(Br)c1.Cl. The summed E-state index contributed by atoms with van der Waals surface area (Å²) in [6.45, 7) is 3.44. The van der Waals surface area contributed by atoms with Gasteiger partial charge < -0.3 is 15.6 Å². The van der Waals surface area contributed by atoms with Crippen LogP contribution in [0.15, 0.2) is 21.1 Å². The predicted octanol–water partition coefficient (Wildman–Crippen LogP) is 3.54. The number of aromatic hydroxyl groups is 1. The molecule has 0 heterocycles. The van der Waals surface area contributed by atoms with Crippen LogP contribution in [-0.2, 0) is 9.53 Å². The number of nitrogens with two attached hydrogens (primary N) is 1. The molecule has 0 aliphatic rings. The average Bonchev–Trinajstić information content (AvgIpc) is 2.33. The number of rotatable bonds is 3. The smallest absolute Gasteiger partial charge is 0.313 e. The van der Waals surface area contributed by atoms with E-state index in [1.165, 1.54) is 7.11 Å². The molecule has 0 saturated carbocycles. The Morgan fingerprint density at radius 2 is 1.79 bits per heavy atom. The van der Waals surface area contributed by atoms with Crippen LogP contribution >= 0.6 is 44.3 Å². The Balaban J connectivity index is 0.00000324. The van der Waals surface area contributed by atoms with Crippen molar-refractivity contribution < 1.29 is 14.6 Å². The molecule has 1 aromatic carbocycles. The highest BCUT2D eigenvalue weighted by Crippen LogP contribution is 2.39. The number of hydrogen-bond acceptors (Lipinski definition) is 4. The molecule has 0 aliphatic heterocycles. The fourth-order valence-corrected chi connectivity index (χ4v) is 2.79. The zero-order chi connectivity index (χ0) is 14.1. The molecular weight excluding hydrogens is 401 g/mol. The summed E-state index contributed by atoms with van der Waals surface area (Å²) >= 11 is 6.47. The van der Waals surface area contributed by atoms with Crippen molar-refractivity contribution in [3.8, 4) is 5.75 Å². The fraction of sp³-hybridized carbons (Fsp3) is 0.417. The van der Waals surface area contributed by atoms with Gasteiger partial charge in [0.1, 0.15) is 5.75 Å². The zero-order valence-electron chi connectivity index (χ0n) is 10.7. The average molecular weight is 418 g/mol. The third kappa shape index (κ3) is 3.84. The highest BCUT2D eigenvalue weighted by atomic mass is 79.9. The third-order valence-corrected chi connectivity index (χ3v) is 4.10. The highest BCUT2D eigenvalue weighted by Gasteiger charge is 2.37. The van der Waals surface area contributed by atoms with Crippen LogP contribution in [0.5, 0.6) is 5.75 Å². The molecule has 0 aromatic heterocycles. The molecule has 0 radical (unpaired) electrons. The largest absolute Gasteiger partial charge is 0.506 e. The molecule has 108 valence electrons. The van der Waals surface area contributed by atoms with Crippen LogP contribution in [0.2, 0.25) is 0 Å². The Labute approximate surface area is 135 Å². The molecule has 0 amide bonds. The normalized spacial score (nSPS) is 12.5. The topological polar surface area (TPSA) is 72.5 Å². The van der Waals surface area contributed by atoms with E-state index < -0.39 is 11.5 Å². The Morgan fingerprint density at radius 1 is 1.37 bits per heavy atom. The third-order valence-electron chi connectivity index (χ3n) is 2.89. The number of methoxy groups -OCH3 is 1. The molecule has 0 bridgehead atoms. The van der Waals surface area contributed by atoms with E-state index in [4.69, 9.17) is 10.5 Å². The van der Waals surface area contributed by atoms with Crippen molar-refractivity contribution in [2.75, 3.05) is 7.11 Å². The van der Waals surface area contributed by atoms with Gasteiger partial charge in [-0.15, -0.1) is 12.4 Å². The number of ether oxygens (including phenoxy) is 1. The summed E-state index contributed by atoms with van der Waals surface area (Å²) in [5.41, 5.74) is 5.98. The van der Waals surface area contributed by atoms with Crippen LogP contribution < -0.4 is 5.73 Å². The van der Waals surface area contributed by atoms with Gasteiger partial charge in [0.2, 0.25) is 0 Å². The predicted molar refractivity (Wildman–Crippen MR) is 83.5 cm³/mol. The molecule has 0 fully saturated rings. The summed E-state index contributed by atoms with van der Waals surface area (Å²) in [6.07, 6.45) is 0. The number of carbonyl (C=O) groups excluding carboxylic acids is 1. The van der Waals surface area contributed by atoms with E-state index in [9.17, 15) is 9.90 Å². The van der Waals surface area contributed by atoms with Crippen LogP contribution in [0.1, 0.15) is 25.5 Å². The van der Waals surface area contributed by atoms with Gasteiger partial charge in [-0.1, -0.05) is 0 Å². The number of phenolic OH excluding ortho intramolecular Hbond substituents is 1. The Bertz CT molecular complexity index is 457. The lowest BCUT2D eigenvalue weighted by atomic mass is 9.81. The van der Waals surface area contributed by atoms with Gasteiger partial charge in [-0.2, -0.15) is 0 Å². The second-order valence-electron chi connectivity index (χ2n) is 4.52. The van der Waals surface area contributed by atoms with E-state index >= 15 is 0 Å². The Kier molecular flexibility index (Phi) is 6.82.